The van der Waals surface area contributed by atoms with Gasteiger partial charge < -0.3 is 21.3 Å². The normalized spacial score (nSPS) is 28.5. The van der Waals surface area contributed by atoms with E-state index in [9.17, 15) is 9.59 Å². The molecule has 4 rings (SSSR count). The molecule has 0 radical (unpaired) electrons. The van der Waals surface area contributed by atoms with Crippen molar-refractivity contribution in [3.05, 3.63) is 71.8 Å². The quantitative estimate of drug-likeness (QED) is 0.680. The zero-order valence-electron chi connectivity index (χ0n) is 13.7. The van der Waals surface area contributed by atoms with E-state index < -0.39 is 5.66 Å². The third-order valence-electron chi connectivity index (χ3n) is 4.83. The smallest absolute Gasteiger partial charge is 0.317 e. The minimum atomic E-state index is -0.772. The van der Waals surface area contributed by atoms with Crippen LogP contribution in [0.1, 0.15) is 36.1 Å². The Balaban J connectivity index is 1.62. The van der Waals surface area contributed by atoms with Crippen LogP contribution < -0.4 is 21.3 Å². The molecule has 1 spiro atoms. The lowest BCUT2D eigenvalue weighted by Crippen LogP contribution is -2.72. The molecule has 6 heteroatoms. The van der Waals surface area contributed by atoms with Crippen molar-refractivity contribution in [2.45, 2.75) is 30.6 Å². The number of nitrogens with one attached hydrogen (secondary N) is 4. The molecule has 2 aromatic rings. The summed E-state index contributed by atoms with van der Waals surface area (Å²) < 4.78 is 0. The van der Waals surface area contributed by atoms with E-state index in [1.807, 2.05) is 60.7 Å². The van der Waals surface area contributed by atoms with E-state index in [0.717, 1.165) is 11.1 Å². The Kier molecular flexibility index (Phi) is 3.80. The predicted octanol–water partition coefficient (Wildman–Crippen LogP) is 2.57. The molecule has 4 amide bonds. The number of carbonyl (C=O) groups is 2. The van der Waals surface area contributed by atoms with Crippen LogP contribution in [0.2, 0.25) is 0 Å². The number of hydrogen-bond donors (Lipinski definition) is 4. The van der Waals surface area contributed by atoms with Crippen molar-refractivity contribution in [3.8, 4) is 0 Å². The predicted molar refractivity (Wildman–Crippen MR) is 93.7 cm³/mol. The summed E-state index contributed by atoms with van der Waals surface area (Å²) in [6, 6.07) is 18.8. The van der Waals surface area contributed by atoms with Gasteiger partial charge in [0, 0.05) is 12.8 Å². The van der Waals surface area contributed by atoms with E-state index in [4.69, 9.17) is 0 Å². The zero-order chi connectivity index (χ0) is 17.3. The molecule has 128 valence electrons. The lowest BCUT2D eigenvalue weighted by Gasteiger charge is -2.47. The molecule has 4 N–H and O–H groups in total. The topological polar surface area (TPSA) is 82.3 Å². The maximum absolute atomic E-state index is 12.3. The van der Waals surface area contributed by atoms with Gasteiger partial charge in [-0.2, -0.15) is 0 Å². The Morgan fingerprint density at radius 2 is 1.08 bits per heavy atom. The molecule has 6 nitrogen and oxygen atoms in total. The molecular weight excluding hydrogens is 316 g/mol. The van der Waals surface area contributed by atoms with Crippen LogP contribution in [0.25, 0.3) is 0 Å². The molecule has 2 unspecified atom stereocenters. The van der Waals surface area contributed by atoms with Gasteiger partial charge in [-0.25, -0.2) is 9.59 Å². The lowest BCUT2D eigenvalue weighted by atomic mass is 9.85. The number of hydrogen-bond acceptors (Lipinski definition) is 2. The van der Waals surface area contributed by atoms with Gasteiger partial charge in [-0.1, -0.05) is 60.7 Å². The van der Waals surface area contributed by atoms with E-state index in [1.165, 1.54) is 0 Å². The summed E-state index contributed by atoms with van der Waals surface area (Å²) in [5, 5.41) is 11.8. The van der Waals surface area contributed by atoms with Crippen molar-refractivity contribution >= 4 is 12.1 Å². The Labute approximate surface area is 146 Å². The SMILES string of the molecule is O=C1NC(c2ccccc2)CC2(CC(c3ccccc3)NC(=O)N2)N1. The van der Waals surface area contributed by atoms with Crippen molar-refractivity contribution < 1.29 is 9.59 Å². The summed E-state index contributed by atoms with van der Waals surface area (Å²) in [4.78, 5) is 24.6. The van der Waals surface area contributed by atoms with Crippen molar-refractivity contribution in [1.29, 1.82) is 0 Å². The summed E-state index contributed by atoms with van der Waals surface area (Å²) in [5.41, 5.74) is 1.28. The fraction of sp³-hybridized carbons (Fsp3) is 0.263. The van der Waals surface area contributed by atoms with Gasteiger partial charge in [0.05, 0.1) is 12.1 Å². The number of carbonyl (C=O) groups excluding carboxylic acids is 2. The second kappa shape index (κ2) is 6.12. The first kappa shape index (κ1) is 15.5. The number of amides is 4. The molecule has 0 aromatic heterocycles. The van der Waals surface area contributed by atoms with E-state index >= 15 is 0 Å². The van der Waals surface area contributed by atoms with E-state index in [1.54, 1.807) is 0 Å². The lowest BCUT2D eigenvalue weighted by molar-refractivity contribution is 0.130. The van der Waals surface area contributed by atoms with Crippen LogP contribution in [-0.2, 0) is 0 Å². The molecule has 2 aromatic carbocycles. The monoisotopic (exact) mass is 336 g/mol. The second-order valence-corrected chi connectivity index (χ2v) is 6.61. The zero-order valence-corrected chi connectivity index (χ0v) is 13.7. The highest BCUT2D eigenvalue weighted by Crippen LogP contribution is 2.34. The van der Waals surface area contributed by atoms with Crippen molar-refractivity contribution in [1.82, 2.24) is 21.3 Å². The third-order valence-corrected chi connectivity index (χ3v) is 4.83. The van der Waals surface area contributed by atoms with Gasteiger partial charge in [0.15, 0.2) is 0 Å². The van der Waals surface area contributed by atoms with Crippen LogP contribution in [0.5, 0.6) is 0 Å². The van der Waals surface area contributed by atoms with Crippen LogP contribution in [-0.4, -0.2) is 17.7 Å². The van der Waals surface area contributed by atoms with Crippen molar-refractivity contribution in [2.24, 2.45) is 0 Å². The first-order valence-corrected chi connectivity index (χ1v) is 8.41. The molecular formula is C19H20N4O2. The Morgan fingerprint density at radius 3 is 1.48 bits per heavy atom. The highest BCUT2D eigenvalue weighted by Gasteiger charge is 2.45. The molecule has 0 bridgehead atoms. The molecule has 2 aliphatic rings. The van der Waals surface area contributed by atoms with Gasteiger partial charge >= 0.3 is 12.1 Å². The summed E-state index contributed by atoms with van der Waals surface area (Å²) >= 11 is 0. The number of rotatable bonds is 2. The second-order valence-electron chi connectivity index (χ2n) is 6.61. The van der Waals surface area contributed by atoms with Crippen molar-refractivity contribution in [3.63, 3.8) is 0 Å². The molecule has 2 fully saturated rings. The van der Waals surface area contributed by atoms with E-state index in [0.29, 0.717) is 12.8 Å². The summed E-state index contributed by atoms with van der Waals surface area (Å²) in [6.45, 7) is 0. The molecule has 2 aliphatic heterocycles. The largest absolute Gasteiger partial charge is 0.331 e. The summed E-state index contributed by atoms with van der Waals surface area (Å²) in [5.74, 6) is 0. The first-order chi connectivity index (χ1) is 12.1. The van der Waals surface area contributed by atoms with Crippen LogP contribution >= 0.6 is 0 Å². The Hall–Kier alpha value is -3.02. The minimum Gasteiger partial charge on any atom is -0.331 e. The van der Waals surface area contributed by atoms with Gasteiger partial charge in [0.25, 0.3) is 0 Å². The highest BCUT2D eigenvalue weighted by atomic mass is 16.2. The summed E-state index contributed by atoms with van der Waals surface area (Å²) in [6.07, 6.45) is 1.17. The standard InChI is InChI=1S/C19H20N4O2/c24-17-20-15(13-7-3-1-4-8-13)11-19(22-17)12-16(21-18(25)23-19)14-9-5-2-6-10-14/h1-10,15-16H,11-12H2,(H2,20,22,24)(H2,21,23,25). The van der Waals surface area contributed by atoms with Crippen LogP contribution in [0, 0.1) is 0 Å². The van der Waals surface area contributed by atoms with Crippen molar-refractivity contribution in [2.75, 3.05) is 0 Å². The average molecular weight is 336 g/mol. The number of urea groups is 2. The Bertz CT molecular complexity index is 711. The molecule has 2 heterocycles. The highest BCUT2D eigenvalue weighted by molar-refractivity contribution is 5.81. The maximum atomic E-state index is 12.3. The molecule has 0 saturated carbocycles. The van der Waals surface area contributed by atoms with Crippen LogP contribution in [0.4, 0.5) is 9.59 Å². The number of benzene rings is 2. The fourth-order valence-corrected chi connectivity index (χ4v) is 3.71. The Morgan fingerprint density at radius 1 is 0.680 bits per heavy atom. The minimum absolute atomic E-state index is 0.148. The van der Waals surface area contributed by atoms with Gasteiger partial charge in [0.2, 0.25) is 0 Å². The molecule has 25 heavy (non-hydrogen) atoms. The first-order valence-electron chi connectivity index (χ1n) is 8.41. The maximum Gasteiger partial charge on any atom is 0.317 e. The summed E-state index contributed by atoms with van der Waals surface area (Å²) in [7, 11) is 0. The van der Waals surface area contributed by atoms with E-state index in [2.05, 4.69) is 21.3 Å². The van der Waals surface area contributed by atoms with Crippen LogP contribution in [0.3, 0.4) is 0 Å². The third kappa shape index (κ3) is 3.15. The fourth-order valence-electron chi connectivity index (χ4n) is 3.71. The van der Waals surface area contributed by atoms with Gasteiger partial charge in [-0.3, -0.25) is 0 Å². The average Bonchev–Trinajstić information content (AvgIpc) is 2.62. The molecule has 2 saturated heterocycles. The van der Waals surface area contributed by atoms with Gasteiger partial charge in [0.1, 0.15) is 5.66 Å². The van der Waals surface area contributed by atoms with E-state index in [-0.39, 0.29) is 24.1 Å². The van der Waals surface area contributed by atoms with Gasteiger partial charge in [-0.05, 0) is 11.1 Å². The van der Waals surface area contributed by atoms with Crippen LogP contribution in [0.15, 0.2) is 60.7 Å². The molecule has 2 atom stereocenters. The van der Waals surface area contributed by atoms with Gasteiger partial charge in [-0.15, -0.1) is 0 Å². The molecule has 0 aliphatic carbocycles.